The van der Waals surface area contributed by atoms with Gasteiger partial charge in [0, 0.05) is 49.3 Å². The molecule has 3 heterocycles. The van der Waals surface area contributed by atoms with Crippen LogP contribution < -0.4 is 0 Å². The smallest absolute Gasteiger partial charge is 0.163 e. The first-order valence-electron chi connectivity index (χ1n) is 21.9. The van der Waals surface area contributed by atoms with E-state index >= 15 is 0 Å². The van der Waals surface area contributed by atoms with Gasteiger partial charge in [0.2, 0.25) is 0 Å². The third-order valence-corrected chi connectivity index (χ3v) is 15.1. The second kappa shape index (κ2) is 12.7. The number of fused-ring (bicyclic) bond motifs is 7. The Morgan fingerprint density at radius 1 is 0.603 bits per heavy atom. The lowest BCUT2D eigenvalue weighted by atomic mass is 9.49. The summed E-state index contributed by atoms with van der Waals surface area (Å²) in [5.41, 5.74) is 9.56. The number of allylic oxidation sites excluding steroid dienone is 1. The highest BCUT2D eigenvalue weighted by Crippen LogP contribution is 2.60. The molecular formula is C53H51N5. The molecule has 4 bridgehead atoms. The van der Waals surface area contributed by atoms with E-state index in [4.69, 9.17) is 15.0 Å². The van der Waals surface area contributed by atoms with Gasteiger partial charge in [0.25, 0.3) is 0 Å². The first-order chi connectivity index (χ1) is 28.4. The zero-order chi connectivity index (χ0) is 38.8. The van der Waals surface area contributed by atoms with Crippen LogP contribution in [0.4, 0.5) is 0 Å². The van der Waals surface area contributed by atoms with E-state index in [1.807, 2.05) is 0 Å². The predicted octanol–water partition coefficient (Wildman–Crippen LogP) is 13.2. The number of hydrogen-bond donors (Lipinski definition) is 0. The molecule has 8 aromatic rings. The molecule has 0 saturated heterocycles. The molecule has 5 aromatic carbocycles. The van der Waals surface area contributed by atoms with Gasteiger partial charge >= 0.3 is 0 Å². The first-order valence-corrected chi connectivity index (χ1v) is 21.9. The fourth-order valence-electron chi connectivity index (χ4n) is 13.2. The quantitative estimate of drug-likeness (QED) is 0.159. The van der Waals surface area contributed by atoms with E-state index in [0.717, 1.165) is 72.2 Å². The van der Waals surface area contributed by atoms with E-state index in [0.29, 0.717) is 5.92 Å². The molecule has 5 nitrogen and oxygen atoms in total. The van der Waals surface area contributed by atoms with E-state index in [2.05, 4.69) is 145 Å². The van der Waals surface area contributed by atoms with E-state index in [1.165, 1.54) is 93.4 Å². The van der Waals surface area contributed by atoms with Crippen LogP contribution in [0.1, 0.15) is 89.7 Å². The lowest BCUT2D eigenvalue weighted by Crippen LogP contribution is -2.49. The van der Waals surface area contributed by atoms with E-state index in [1.54, 1.807) is 0 Å². The van der Waals surface area contributed by atoms with Crippen molar-refractivity contribution < 1.29 is 0 Å². The molecule has 0 N–H and O–H groups in total. The van der Waals surface area contributed by atoms with Crippen LogP contribution in [-0.4, -0.2) is 24.1 Å². The fourth-order valence-corrected chi connectivity index (χ4v) is 13.2. The summed E-state index contributed by atoms with van der Waals surface area (Å²) in [6, 6.07) is 42.3. The summed E-state index contributed by atoms with van der Waals surface area (Å²) < 4.78 is 4.90. The van der Waals surface area contributed by atoms with Gasteiger partial charge in [0.15, 0.2) is 5.82 Å². The molecule has 2 atom stereocenters. The van der Waals surface area contributed by atoms with Crippen molar-refractivity contribution in [2.24, 2.45) is 23.7 Å². The van der Waals surface area contributed by atoms with Crippen molar-refractivity contribution in [3.05, 3.63) is 139 Å². The predicted molar refractivity (Wildman–Crippen MR) is 238 cm³/mol. The van der Waals surface area contributed by atoms with Gasteiger partial charge in [-0.05, 0) is 142 Å². The maximum Gasteiger partial charge on any atom is 0.163 e. The second-order valence-electron chi connectivity index (χ2n) is 19.0. The van der Waals surface area contributed by atoms with Gasteiger partial charge in [-0.25, -0.2) is 15.0 Å². The molecule has 58 heavy (non-hydrogen) atoms. The minimum atomic E-state index is -0.100. The van der Waals surface area contributed by atoms with Gasteiger partial charge in [-0.2, -0.15) is 0 Å². The highest BCUT2D eigenvalue weighted by molar-refractivity contribution is 6.26. The molecule has 5 aliphatic carbocycles. The topological polar surface area (TPSA) is 48.5 Å². The largest absolute Gasteiger partial charge is 0.309 e. The number of benzene rings is 5. The average Bonchev–Trinajstić information content (AvgIpc) is 3.76. The highest BCUT2D eigenvalue weighted by atomic mass is 15.1. The standard InChI is InChI=1S/C53H51N5/c1-4-52(28-33(2)24-34(3)29-52)50-54-49(55-51(56-50)53-30-35-25-36(31-53)27-37(26-35)32-53)38-18-20-40(21-19-38)58-44-16-10-8-14-41(44)42-22-23-46-47(48(42)58)43-15-9-11-17-45(43)57(46)39-12-6-5-7-13-39/h5-23,34-37H,2,4,24-32H2,1,3H3. The molecule has 2 unspecified atom stereocenters. The Hall–Kier alpha value is -5.55. The van der Waals surface area contributed by atoms with E-state index in [9.17, 15) is 0 Å². The summed E-state index contributed by atoms with van der Waals surface area (Å²) in [6.45, 7) is 9.27. The zero-order valence-corrected chi connectivity index (χ0v) is 33.8. The van der Waals surface area contributed by atoms with Gasteiger partial charge in [-0.1, -0.05) is 86.7 Å². The summed E-state index contributed by atoms with van der Waals surface area (Å²) in [6.07, 6.45) is 12.1. The molecule has 5 saturated carbocycles. The van der Waals surface area contributed by atoms with E-state index < -0.39 is 0 Å². The molecule has 0 radical (unpaired) electrons. The monoisotopic (exact) mass is 757 g/mol. The molecule has 0 aliphatic heterocycles. The summed E-state index contributed by atoms with van der Waals surface area (Å²) in [7, 11) is 0. The number of nitrogens with zero attached hydrogens (tertiary/aromatic N) is 5. The normalized spacial score (nSPS) is 26.8. The van der Waals surface area contributed by atoms with Crippen LogP contribution in [-0.2, 0) is 10.8 Å². The lowest BCUT2D eigenvalue weighted by Gasteiger charge is -2.56. The van der Waals surface area contributed by atoms with Crippen molar-refractivity contribution in [3.63, 3.8) is 0 Å². The Kier molecular flexibility index (Phi) is 7.57. The van der Waals surface area contributed by atoms with E-state index in [-0.39, 0.29) is 10.8 Å². The third kappa shape index (κ3) is 5.11. The molecule has 288 valence electrons. The SMILES string of the molecule is C=C1CC(C)CC(CC)(c2nc(-c3ccc(-n4c5ccccc5c5ccc6c(c7ccccc7n6-c6ccccc6)c54)cc3)nc(C34CC5CC(CC(C5)C3)C4)n2)C1. The minimum Gasteiger partial charge on any atom is -0.309 e. The first kappa shape index (κ1) is 34.5. The molecule has 13 rings (SSSR count). The second-order valence-corrected chi connectivity index (χ2v) is 19.0. The Labute approximate surface area is 340 Å². The van der Waals surface area contributed by atoms with Crippen LogP contribution >= 0.6 is 0 Å². The highest BCUT2D eigenvalue weighted by Gasteiger charge is 2.54. The average molecular weight is 758 g/mol. The van der Waals surface area contributed by atoms with Crippen molar-refractivity contribution in [2.75, 3.05) is 0 Å². The summed E-state index contributed by atoms with van der Waals surface area (Å²) in [4.78, 5) is 16.6. The van der Waals surface area contributed by atoms with Crippen molar-refractivity contribution in [1.29, 1.82) is 0 Å². The van der Waals surface area contributed by atoms with Gasteiger partial charge < -0.3 is 9.13 Å². The molecule has 5 fully saturated rings. The van der Waals surface area contributed by atoms with Crippen molar-refractivity contribution in [2.45, 2.75) is 88.9 Å². The molecule has 5 aliphatic rings. The summed E-state index contributed by atoms with van der Waals surface area (Å²) >= 11 is 0. The molecule has 0 amide bonds. The molecule has 3 aromatic heterocycles. The van der Waals surface area contributed by atoms with Crippen LogP contribution in [0.2, 0.25) is 0 Å². The van der Waals surface area contributed by atoms with Gasteiger partial charge in [-0.3, -0.25) is 0 Å². The maximum atomic E-state index is 5.62. The summed E-state index contributed by atoms with van der Waals surface area (Å²) in [5, 5.41) is 5.05. The van der Waals surface area contributed by atoms with Crippen LogP contribution in [0, 0.1) is 23.7 Å². The van der Waals surface area contributed by atoms with Crippen LogP contribution in [0.25, 0.3) is 66.4 Å². The maximum absolute atomic E-state index is 5.62. The molecule has 5 heteroatoms. The third-order valence-electron chi connectivity index (χ3n) is 15.1. The fraction of sp³-hybridized carbons (Fsp3) is 0.340. The van der Waals surface area contributed by atoms with Crippen LogP contribution in [0.15, 0.2) is 127 Å². The molecule has 0 spiro atoms. The number of para-hydroxylation sites is 3. The number of aromatic nitrogens is 5. The van der Waals surface area contributed by atoms with Gasteiger partial charge in [-0.15, -0.1) is 0 Å². The van der Waals surface area contributed by atoms with Crippen molar-refractivity contribution in [1.82, 2.24) is 24.1 Å². The molecular weight excluding hydrogens is 707 g/mol. The Morgan fingerprint density at radius 2 is 1.22 bits per heavy atom. The number of hydrogen-bond acceptors (Lipinski definition) is 3. The van der Waals surface area contributed by atoms with Crippen molar-refractivity contribution in [3.8, 4) is 22.8 Å². The van der Waals surface area contributed by atoms with Gasteiger partial charge in [0.1, 0.15) is 11.6 Å². The Morgan fingerprint density at radius 3 is 1.91 bits per heavy atom. The number of rotatable bonds is 6. The van der Waals surface area contributed by atoms with Crippen LogP contribution in [0.3, 0.4) is 0 Å². The zero-order valence-electron chi connectivity index (χ0n) is 33.8. The van der Waals surface area contributed by atoms with Crippen LogP contribution in [0.5, 0.6) is 0 Å². The van der Waals surface area contributed by atoms with Crippen molar-refractivity contribution >= 4 is 43.6 Å². The minimum absolute atomic E-state index is 0.0840. The summed E-state index contributed by atoms with van der Waals surface area (Å²) in [5.74, 6) is 5.99. The van der Waals surface area contributed by atoms with Gasteiger partial charge in [0.05, 0.1) is 22.1 Å². The Balaban J connectivity index is 1.05. The lowest BCUT2D eigenvalue weighted by molar-refractivity contribution is -0.00974. The Bertz CT molecular complexity index is 2900.